The van der Waals surface area contributed by atoms with E-state index in [0.29, 0.717) is 56.3 Å². The molecule has 1 amide bonds. The molecule has 1 aromatic carbocycles. The molecule has 2 aliphatic rings. The topological polar surface area (TPSA) is 95.8 Å². The Bertz CT molecular complexity index is 1120. The number of ether oxygens (including phenoxy) is 2. The molecule has 9 heteroatoms. The fourth-order valence-electron chi connectivity index (χ4n) is 4.67. The van der Waals surface area contributed by atoms with Gasteiger partial charge in [-0.25, -0.2) is 9.78 Å². The summed E-state index contributed by atoms with van der Waals surface area (Å²) in [5, 5.41) is 10.1. The predicted molar refractivity (Wildman–Crippen MR) is 135 cm³/mol. The molecule has 0 radical (unpaired) electrons. The highest BCUT2D eigenvalue weighted by atomic mass is 32.2. The second kappa shape index (κ2) is 11.6. The van der Waals surface area contributed by atoms with Crippen LogP contribution in [0.3, 0.4) is 0 Å². The molecule has 1 aromatic heterocycles. The van der Waals surface area contributed by atoms with E-state index in [1.165, 1.54) is 0 Å². The van der Waals surface area contributed by atoms with Crippen molar-refractivity contribution in [3.8, 4) is 17.3 Å². The van der Waals surface area contributed by atoms with Crippen LogP contribution < -0.4 is 4.90 Å². The highest BCUT2D eigenvalue weighted by molar-refractivity contribution is 7.98. The van der Waals surface area contributed by atoms with Crippen molar-refractivity contribution in [2.75, 3.05) is 49.8 Å². The molecular weight excluding hydrogens is 464 g/mol. The third-order valence-electron chi connectivity index (χ3n) is 6.37. The maximum atomic E-state index is 12.9. The zero-order chi connectivity index (χ0) is 24.8. The van der Waals surface area contributed by atoms with Gasteiger partial charge in [0.15, 0.2) is 0 Å². The summed E-state index contributed by atoms with van der Waals surface area (Å²) in [4.78, 5) is 34.3. The van der Waals surface area contributed by atoms with Gasteiger partial charge in [0.25, 0.3) is 0 Å². The Kier molecular flexibility index (Phi) is 8.26. The van der Waals surface area contributed by atoms with Gasteiger partial charge in [-0.15, -0.1) is 0 Å². The number of hydrogen-bond acceptors (Lipinski definition) is 8. The minimum Gasteiger partial charge on any atom is -0.464 e. The van der Waals surface area contributed by atoms with Crippen LogP contribution in [0.4, 0.5) is 5.82 Å². The first kappa shape index (κ1) is 25.0. The number of hydrogen-bond donors (Lipinski definition) is 0. The van der Waals surface area contributed by atoms with Crippen LogP contribution in [-0.2, 0) is 32.1 Å². The molecule has 1 fully saturated rings. The number of amides is 1. The van der Waals surface area contributed by atoms with Gasteiger partial charge in [0.2, 0.25) is 5.91 Å². The first-order valence-electron chi connectivity index (χ1n) is 11.9. The van der Waals surface area contributed by atoms with E-state index in [4.69, 9.17) is 14.5 Å². The monoisotopic (exact) mass is 494 g/mol. The van der Waals surface area contributed by atoms with Gasteiger partial charge in [-0.2, -0.15) is 17.0 Å². The van der Waals surface area contributed by atoms with Crippen molar-refractivity contribution in [1.29, 1.82) is 5.26 Å². The molecule has 1 saturated heterocycles. The van der Waals surface area contributed by atoms with Crippen molar-refractivity contribution < 1.29 is 19.1 Å². The molecule has 1 atom stereocenters. The molecule has 0 saturated carbocycles. The van der Waals surface area contributed by atoms with Crippen LogP contribution in [0.2, 0.25) is 0 Å². The fourth-order valence-corrected chi connectivity index (χ4v) is 5.04. The summed E-state index contributed by atoms with van der Waals surface area (Å²) in [5.41, 5.74) is 4.16. The molecule has 0 N–H and O–H groups in total. The molecule has 35 heavy (non-hydrogen) atoms. The second-order valence-electron chi connectivity index (χ2n) is 8.44. The molecule has 8 nitrogen and oxygen atoms in total. The lowest BCUT2D eigenvalue weighted by atomic mass is 9.93. The largest absolute Gasteiger partial charge is 0.464 e. The summed E-state index contributed by atoms with van der Waals surface area (Å²) in [7, 11) is 0. The van der Waals surface area contributed by atoms with Crippen LogP contribution >= 0.6 is 11.8 Å². The lowest BCUT2D eigenvalue weighted by Crippen LogP contribution is -2.59. The van der Waals surface area contributed by atoms with Crippen LogP contribution in [0, 0.1) is 11.3 Å². The number of carbonyl (C=O) groups is 2. The van der Waals surface area contributed by atoms with Crippen LogP contribution in [0.25, 0.3) is 11.3 Å². The van der Waals surface area contributed by atoms with Gasteiger partial charge in [0.05, 0.1) is 37.6 Å². The Balaban J connectivity index is 1.74. The number of pyridine rings is 1. The van der Waals surface area contributed by atoms with E-state index >= 15 is 0 Å². The van der Waals surface area contributed by atoms with E-state index in [2.05, 4.69) is 6.07 Å². The Morgan fingerprint density at radius 1 is 1.26 bits per heavy atom. The Morgan fingerprint density at radius 2 is 2.06 bits per heavy atom. The highest BCUT2D eigenvalue weighted by Crippen LogP contribution is 2.35. The molecule has 0 spiro atoms. The highest BCUT2D eigenvalue weighted by Gasteiger charge is 2.38. The quantitative estimate of drug-likeness (QED) is 0.542. The zero-order valence-electron chi connectivity index (χ0n) is 20.2. The average molecular weight is 495 g/mol. The molecule has 4 rings (SSSR count). The fraction of sp³-hybridized carbons (Fsp3) is 0.462. The number of anilines is 1. The number of benzene rings is 1. The SMILES string of the molecule is CCOC(=O)C1CN(c2nc(-c3ccccc3)c3c(c2C#N)CCOC3)CCN1C(=O)CCSC. The molecule has 3 heterocycles. The van der Waals surface area contributed by atoms with Crippen LogP contribution in [0.15, 0.2) is 30.3 Å². The number of carbonyl (C=O) groups excluding carboxylic acids is 2. The number of esters is 1. The number of nitrogens with zero attached hydrogens (tertiary/aromatic N) is 4. The zero-order valence-corrected chi connectivity index (χ0v) is 21.0. The average Bonchev–Trinajstić information content (AvgIpc) is 2.91. The van der Waals surface area contributed by atoms with Gasteiger partial charge in [0, 0.05) is 36.4 Å². The molecule has 1 unspecified atom stereocenters. The minimum absolute atomic E-state index is 0.0573. The van der Waals surface area contributed by atoms with Gasteiger partial charge in [0.1, 0.15) is 17.9 Å². The van der Waals surface area contributed by atoms with Crippen LogP contribution in [-0.4, -0.2) is 72.7 Å². The van der Waals surface area contributed by atoms with Gasteiger partial charge >= 0.3 is 5.97 Å². The maximum absolute atomic E-state index is 12.9. The third kappa shape index (κ3) is 5.29. The summed E-state index contributed by atoms with van der Waals surface area (Å²) >= 11 is 1.60. The van der Waals surface area contributed by atoms with Crippen LogP contribution in [0.1, 0.15) is 30.0 Å². The van der Waals surface area contributed by atoms with E-state index in [1.54, 1.807) is 23.6 Å². The standard InChI is InChI=1S/C26H30N4O4S/c1-3-34-26(32)22-16-29(11-12-30(22)23(31)10-14-35-2)25-20(15-27)19-9-13-33-17-21(19)24(28-25)18-7-5-4-6-8-18/h4-8,22H,3,9-14,16-17H2,1-2H3. The smallest absolute Gasteiger partial charge is 0.330 e. The molecule has 2 aromatic rings. The van der Waals surface area contributed by atoms with Gasteiger partial charge in [-0.1, -0.05) is 30.3 Å². The van der Waals surface area contributed by atoms with Crippen molar-refractivity contribution in [3.63, 3.8) is 0 Å². The van der Waals surface area contributed by atoms with Crippen LogP contribution in [0.5, 0.6) is 0 Å². The Hall–Kier alpha value is -3.09. The lowest BCUT2D eigenvalue weighted by Gasteiger charge is -2.41. The van der Waals surface area contributed by atoms with E-state index in [9.17, 15) is 14.9 Å². The Labute approximate surface area is 210 Å². The molecule has 2 aliphatic heterocycles. The number of nitriles is 1. The lowest BCUT2D eigenvalue weighted by molar-refractivity contribution is -0.155. The Morgan fingerprint density at radius 3 is 2.77 bits per heavy atom. The van der Waals surface area contributed by atoms with Gasteiger partial charge in [-0.3, -0.25) is 4.79 Å². The van der Waals surface area contributed by atoms with E-state index in [-0.39, 0.29) is 19.1 Å². The second-order valence-corrected chi connectivity index (χ2v) is 9.43. The number of rotatable bonds is 7. The normalized spacial score (nSPS) is 17.5. The van der Waals surface area contributed by atoms with Gasteiger partial charge < -0.3 is 19.3 Å². The number of piperazine rings is 1. The third-order valence-corrected chi connectivity index (χ3v) is 6.99. The van der Waals surface area contributed by atoms with E-state index < -0.39 is 12.0 Å². The maximum Gasteiger partial charge on any atom is 0.330 e. The number of thioether (sulfide) groups is 1. The first-order chi connectivity index (χ1) is 17.1. The van der Waals surface area contributed by atoms with Crippen molar-refractivity contribution in [1.82, 2.24) is 9.88 Å². The van der Waals surface area contributed by atoms with Crippen molar-refractivity contribution in [2.45, 2.75) is 32.4 Å². The summed E-state index contributed by atoms with van der Waals surface area (Å²) in [6.45, 7) is 4.02. The van der Waals surface area contributed by atoms with Crippen molar-refractivity contribution in [3.05, 3.63) is 47.0 Å². The molecule has 0 bridgehead atoms. The summed E-state index contributed by atoms with van der Waals surface area (Å²) in [6.07, 6.45) is 2.95. The molecular formula is C26H30N4O4S. The molecule has 0 aliphatic carbocycles. The van der Waals surface area contributed by atoms with E-state index in [0.717, 1.165) is 22.4 Å². The number of aromatic nitrogens is 1. The number of fused-ring (bicyclic) bond motifs is 1. The predicted octanol–water partition coefficient (Wildman–Crippen LogP) is 3.03. The van der Waals surface area contributed by atoms with E-state index in [1.807, 2.05) is 41.5 Å². The summed E-state index contributed by atoms with van der Waals surface area (Å²) in [6, 6.07) is 11.5. The summed E-state index contributed by atoms with van der Waals surface area (Å²) in [5.74, 6) is 0.764. The van der Waals surface area contributed by atoms with Crippen molar-refractivity contribution in [2.24, 2.45) is 0 Å². The van der Waals surface area contributed by atoms with Crippen molar-refractivity contribution >= 4 is 29.5 Å². The minimum atomic E-state index is -0.745. The molecule has 184 valence electrons. The first-order valence-corrected chi connectivity index (χ1v) is 13.3. The summed E-state index contributed by atoms with van der Waals surface area (Å²) < 4.78 is 11.0. The van der Waals surface area contributed by atoms with Gasteiger partial charge in [-0.05, 0) is 25.2 Å².